The normalized spacial score (nSPS) is 14.5. The Hall–Kier alpha value is -0.970. The number of aliphatic hydroxyl groups is 1. The highest BCUT2D eigenvalue weighted by Gasteiger charge is 2.28. The Morgan fingerprint density at radius 3 is 2.62 bits per heavy atom. The van der Waals surface area contributed by atoms with Crippen molar-refractivity contribution in [1.29, 1.82) is 0 Å². The smallest absolute Gasteiger partial charge is 0.387 e. The van der Waals surface area contributed by atoms with E-state index in [1.165, 1.54) is 0 Å². The van der Waals surface area contributed by atoms with Gasteiger partial charge in [0.25, 0.3) is 0 Å². The van der Waals surface area contributed by atoms with Crippen molar-refractivity contribution in [3.05, 3.63) is 24.0 Å². The van der Waals surface area contributed by atoms with Crippen LogP contribution in [-0.2, 0) is 0 Å². The van der Waals surface area contributed by atoms with Gasteiger partial charge in [0, 0.05) is 18.3 Å². The summed E-state index contributed by atoms with van der Waals surface area (Å²) in [6, 6.07) is 3.19. The van der Waals surface area contributed by atoms with Gasteiger partial charge in [-0.3, -0.25) is 0 Å². The van der Waals surface area contributed by atoms with Gasteiger partial charge in [0.15, 0.2) is 0 Å². The maximum absolute atomic E-state index is 11.7. The molecular formula is C8H10F3NO. The Bertz CT molecular complexity index is 242. The molecule has 0 aliphatic rings. The Kier molecular flexibility index (Phi) is 2.98. The molecule has 1 atom stereocenters. The van der Waals surface area contributed by atoms with Gasteiger partial charge < -0.3 is 10.1 Å². The van der Waals surface area contributed by atoms with Gasteiger partial charge in [0.2, 0.25) is 0 Å². The van der Waals surface area contributed by atoms with Gasteiger partial charge in [0.05, 0.1) is 6.10 Å². The van der Waals surface area contributed by atoms with Crippen LogP contribution in [0.4, 0.5) is 13.2 Å². The van der Waals surface area contributed by atoms with Crippen molar-refractivity contribution in [1.82, 2.24) is 4.98 Å². The van der Waals surface area contributed by atoms with E-state index in [1.54, 1.807) is 18.3 Å². The molecule has 0 bridgehead atoms. The second kappa shape index (κ2) is 3.83. The quantitative estimate of drug-likeness (QED) is 0.759. The van der Waals surface area contributed by atoms with Crippen molar-refractivity contribution < 1.29 is 18.3 Å². The number of hydrogen-bond acceptors (Lipinski definition) is 1. The highest BCUT2D eigenvalue weighted by Crippen LogP contribution is 2.26. The number of rotatable bonds is 3. The maximum atomic E-state index is 11.7. The van der Waals surface area contributed by atoms with Crippen LogP contribution in [0.1, 0.15) is 24.6 Å². The van der Waals surface area contributed by atoms with Crippen molar-refractivity contribution in [2.24, 2.45) is 0 Å². The van der Waals surface area contributed by atoms with Crippen LogP contribution in [0.3, 0.4) is 0 Å². The van der Waals surface area contributed by atoms with Crippen LogP contribution < -0.4 is 0 Å². The van der Waals surface area contributed by atoms with Crippen LogP contribution in [0.25, 0.3) is 0 Å². The SMILES string of the molecule is OC(CCC(F)(F)F)c1ccc[nH]1. The zero-order valence-corrected chi connectivity index (χ0v) is 6.80. The first-order chi connectivity index (χ1) is 5.99. The minimum absolute atomic E-state index is 0.302. The molecule has 1 unspecified atom stereocenters. The molecule has 74 valence electrons. The molecule has 5 heteroatoms. The van der Waals surface area contributed by atoms with Gasteiger partial charge >= 0.3 is 6.18 Å². The van der Waals surface area contributed by atoms with E-state index in [1.807, 2.05) is 0 Å². The van der Waals surface area contributed by atoms with Crippen molar-refractivity contribution in [3.63, 3.8) is 0 Å². The van der Waals surface area contributed by atoms with Crippen LogP contribution in [0.5, 0.6) is 0 Å². The first-order valence-electron chi connectivity index (χ1n) is 3.87. The molecular weight excluding hydrogens is 183 g/mol. The summed E-state index contributed by atoms with van der Waals surface area (Å²) in [5.41, 5.74) is 0.421. The van der Waals surface area contributed by atoms with Crippen molar-refractivity contribution in [3.8, 4) is 0 Å². The van der Waals surface area contributed by atoms with Crippen LogP contribution in [0.2, 0.25) is 0 Å². The van der Waals surface area contributed by atoms with Crippen LogP contribution in [-0.4, -0.2) is 16.3 Å². The van der Waals surface area contributed by atoms with E-state index in [-0.39, 0.29) is 6.42 Å². The molecule has 0 saturated heterocycles. The monoisotopic (exact) mass is 193 g/mol. The molecule has 0 amide bonds. The Balaban J connectivity index is 2.39. The number of hydrogen-bond donors (Lipinski definition) is 2. The number of nitrogens with one attached hydrogen (secondary N) is 1. The summed E-state index contributed by atoms with van der Waals surface area (Å²) < 4.78 is 35.2. The number of aromatic nitrogens is 1. The molecule has 2 nitrogen and oxygen atoms in total. The Morgan fingerprint density at radius 1 is 1.46 bits per heavy atom. The van der Waals surface area contributed by atoms with Crippen molar-refractivity contribution in [2.45, 2.75) is 25.1 Å². The standard InChI is InChI=1S/C8H10F3NO/c9-8(10,11)4-3-7(13)6-2-1-5-12-6/h1-2,5,7,12-13H,3-4H2. The van der Waals surface area contributed by atoms with Gasteiger partial charge in [0.1, 0.15) is 0 Å². The fraction of sp³-hybridized carbons (Fsp3) is 0.500. The summed E-state index contributed by atoms with van der Waals surface area (Å²) in [6.45, 7) is 0. The highest BCUT2D eigenvalue weighted by atomic mass is 19.4. The third-order valence-electron chi connectivity index (χ3n) is 1.68. The molecule has 1 heterocycles. The molecule has 0 radical (unpaired) electrons. The number of alkyl halides is 3. The zero-order valence-electron chi connectivity index (χ0n) is 6.80. The van der Waals surface area contributed by atoms with E-state index >= 15 is 0 Å². The predicted octanol–water partition coefficient (Wildman–Crippen LogP) is 2.39. The van der Waals surface area contributed by atoms with Gasteiger partial charge in [-0.15, -0.1) is 0 Å². The summed E-state index contributed by atoms with van der Waals surface area (Å²) >= 11 is 0. The third-order valence-corrected chi connectivity index (χ3v) is 1.68. The Labute approximate surface area is 73.4 Å². The average molecular weight is 193 g/mol. The minimum Gasteiger partial charge on any atom is -0.387 e. The van der Waals surface area contributed by atoms with Gasteiger partial charge in [-0.05, 0) is 18.6 Å². The summed E-state index contributed by atoms with van der Waals surface area (Å²) in [5.74, 6) is 0. The summed E-state index contributed by atoms with van der Waals surface area (Å²) in [5, 5.41) is 9.24. The molecule has 0 fully saturated rings. The van der Waals surface area contributed by atoms with Gasteiger partial charge in [-0.1, -0.05) is 0 Å². The number of halogens is 3. The average Bonchev–Trinajstić information content (AvgIpc) is 2.50. The summed E-state index contributed by atoms with van der Waals surface area (Å²) in [6.07, 6.45) is -4.96. The lowest BCUT2D eigenvalue weighted by Crippen LogP contribution is -2.10. The predicted molar refractivity (Wildman–Crippen MR) is 41.0 cm³/mol. The minimum atomic E-state index is -4.20. The Morgan fingerprint density at radius 2 is 2.15 bits per heavy atom. The number of aliphatic hydroxyl groups excluding tert-OH is 1. The van der Waals surface area contributed by atoms with E-state index in [9.17, 15) is 18.3 Å². The van der Waals surface area contributed by atoms with Crippen LogP contribution in [0.15, 0.2) is 18.3 Å². The molecule has 0 aliphatic heterocycles. The summed E-state index contributed by atoms with van der Waals surface area (Å²) in [4.78, 5) is 2.66. The maximum Gasteiger partial charge on any atom is 0.389 e. The van der Waals surface area contributed by atoms with E-state index in [4.69, 9.17) is 0 Å². The van der Waals surface area contributed by atoms with E-state index in [2.05, 4.69) is 4.98 Å². The van der Waals surface area contributed by atoms with Crippen molar-refractivity contribution >= 4 is 0 Å². The second-order valence-electron chi connectivity index (χ2n) is 2.80. The molecule has 0 aliphatic carbocycles. The van der Waals surface area contributed by atoms with Crippen LogP contribution in [0, 0.1) is 0 Å². The fourth-order valence-electron chi connectivity index (χ4n) is 1.01. The molecule has 2 N–H and O–H groups in total. The molecule has 1 rings (SSSR count). The highest BCUT2D eigenvalue weighted by molar-refractivity contribution is 5.06. The third kappa shape index (κ3) is 3.50. The molecule has 0 spiro atoms. The topological polar surface area (TPSA) is 36.0 Å². The van der Waals surface area contributed by atoms with Gasteiger partial charge in [-0.2, -0.15) is 13.2 Å². The first-order valence-corrected chi connectivity index (χ1v) is 3.87. The molecule has 1 aromatic heterocycles. The lowest BCUT2D eigenvalue weighted by Gasteiger charge is -2.10. The number of H-pyrrole nitrogens is 1. The van der Waals surface area contributed by atoms with Gasteiger partial charge in [-0.25, -0.2) is 0 Å². The summed E-state index contributed by atoms with van der Waals surface area (Å²) in [7, 11) is 0. The van der Waals surface area contributed by atoms with Crippen molar-refractivity contribution in [2.75, 3.05) is 0 Å². The molecule has 0 aromatic carbocycles. The van der Waals surface area contributed by atoms with Crippen LogP contribution >= 0.6 is 0 Å². The van der Waals surface area contributed by atoms with E-state index in [0.717, 1.165) is 0 Å². The second-order valence-corrected chi connectivity index (χ2v) is 2.80. The number of aromatic amines is 1. The molecule has 13 heavy (non-hydrogen) atoms. The first kappa shape index (κ1) is 10.1. The lowest BCUT2D eigenvalue weighted by atomic mass is 10.1. The lowest BCUT2D eigenvalue weighted by molar-refractivity contribution is -0.140. The zero-order chi connectivity index (χ0) is 9.90. The fourth-order valence-corrected chi connectivity index (χ4v) is 1.01. The van der Waals surface area contributed by atoms with E-state index < -0.39 is 18.7 Å². The van der Waals surface area contributed by atoms with E-state index in [0.29, 0.717) is 5.69 Å². The molecule has 0 saturated carbocycles. The molecule has 1 aromatic rings. The largest absolute Gasteiger partial charge is 0.389 e.